The van der Waals surface area contributed by atoms with Gasteiger partial charge in [0.15, 0.2) is 0 Å². The zero-order valence-electron chi connectivity index (χ0n) is 14.2. The Kier molecular flexibility index (Phi) is 3.97. The van der Waals surface area contributed by atoms with Gasteiger partial charge in [0, 0.05) is 30.2 Å². The summed E-state index contributed by atoms with van der Waals surface area (Å²) in [6, 6.07) is 6.18. The molecule has 1 atom stereocenters. The molecule has 126 valence electrons. The topological polar surface area (TPSA) is 41.1 Å². The number of fused-ring (bicyclic) bond motifs is 1. The largest absolute Gasteiger partial charge is 0.342 e. The van der Waals surface area contributed by atoms with Gasteiger partial charge in [-0.3, -0.25) is 4.98 Å². The molecule has 0 bridgehead atoms. The molecule has 24 heavy (non-hydrogen) atoms. The van der Waals surface area contributed by atoms with Gasteiger partial charge in [-0.1, -0.05) is 17.7 Å². The highest BCUT2D eigenvalue weighted by atomic mass is 35.5. The molecule has 1 saturated heterocycles. The fourth-order valence-corrected chi connectivity index (χ4v) is 4.11. The smallest absolute Gasteiger partial charge is 0.148 e. The Morgan fingerprint density at radius 2 is 2.17 bits per heavy atom. The maximum absolute atomic E-state index is 6.22. The Morgan fingerprint density at radius 3 is 2.96 bits per heavy atom. The first-order valence-corrected chi connectivity index (χ1v) is 9.03. The molecular formula is C19H23ClN4. The molecule has 4 rings (SSSR count). The summed E-state index contributed by atoms with van der Waals surface area (Å²) in [5.41, 5.74) is 3.56. The minimum atomic E-state index is -0.141. The Balaban J connectivity index is 1.67. The van der Waals surface area contributed by atoms with E-state index in [1.165, 1.54) is 24.0 Å². The fraction of sp³-hybridized carbons (Fsp3) is 0.474. The van der Waals surface area contributed by atoms with Crippen LogP contribution in [0.2, 0.25) is 5.02 Å². The zero-order chi connectivity index (χ0) is 16.7. The van der Waals surface area contributed by atoms with E-state index in [2.05, 4.69) is 41.2 Å². The summed E-state index contributed by atoms with van der Waals surface area (Å²) in [6.45, 7) is 7.41. The van der Waals surface area contributed by atoms with Crippen molar-refractivity contribution in [2.24, 2.45) is 0 Å². The average Bonchev–Trinajstić information content (AvgIpc) is 2.87. The van der Waals surface area contributed by atoms with Crippen LogP contribution in [0.3, 0.4) is 0 Å². The molecule has 1 unspecified atom stereocenters. The van der Waals surface area contributed by atoms with Crippen molar-refractivity contribution >= 4 is 17.4 Å². The number of nitrogens with zero attached hydrogens (tertiary/aromatic N) is 3. The number of aromatic nitrogens is 2. The van der Waals surface area contributed by atoms with Crippen LogP contribution < -0.4 is 10.2 Å². The number of halogens is 1. The number of hydrogen-bond donors (Lipinski definition) is 1. The van der Waals surface area contributed by atoms with Gasteiger partial charge in [0.1, 0.15) is 5.82 Å². The Hall–Kier alpha value is -1.65. The van der Waals surface area contributed by atoms with E-state index in [-0.39, 0.29) is 5.54 Å². The summed E-state index contributed by atoms with van der Waals surface area (Å²) in [5, 5.41) is 4.25. The SMILES string of the molecule is CC1(C)c2cc(Cl)ccc2CN1c1cncc(C2CCCNC2)n1. The van der Waals surface area contributed by atoms with Crippen molar-refractivity contribution in [3.05, 3.63) is 52.4 Å². The van der Waals surface area contributed by atoms with Gasteiger partial charge < -0.3 is 10.2 Å². The number of rotatable bonds is 2. The van der Waals surface area contributed by atoms with E-state index in [9.17, 15) is 0 Å². The molecule has 1 aromatic heterocycles. The van der Waals surface area contributed by atoms with Crippen LogP contribution in [0.4, 0.5) is 5.82 Å². The second kappa shape index (κ2) is 6.01. The van der Waals surface area contributed by atoms with Crippen molar-refractivity contribution in [1.82, 2.24) is 15.3 Å². The van der Waals surface area contributed by atoms with Gasteiger partial charge in [0.2, 0.25) is 0 Å². The van der Waals surface area contributed by atoms with Gasteiger partial charge in [-0.05, 0) is 56.5 Å². The lowest BCUT2D eigenvalue weighted by Gasteiger charge is -2.34. The zero-order valence-corrected chi connectivity index (χ0v) is 15.0. The summed E-state index contributed by atoms with van der Waals surface area (Å²) in [7, 11) is 0. The first-order valence-electron chi connectivity index (χ1n) is 8.65. The number of hydrogen-bond acceptors (Lipinski definition) is 4. The average molecular weight is 343 g/mol. The minimum absolute atomic E-state index is 0.141. The molecule has 4 nitrogen and oxygen atoms in total. The molecule has 0 aliphatic carbocycles. The third-order valence-electron chi connectivity index (χ3n) is 5.37. The molecule has 2 aliphatic heterocycles. The predicted molar refractivity (Wildman–Crippen MR) is 97.5 cm³/mol. The van der Waals surface area contributed by atoms with Crippen molar-refractivity contribution < 1.29 is 0 Å². The number of nitrogens with one attached hydrogen (secondary N) is 1. The van der Waals surface area contributed by atoms with E-state index in [1.807, 2.05) is 18.5 Å². The number of piperidine rings is 1. The van der Waals surface area contributed by atoms with Crippen LogP contribution in [0.1, 0.15) is 49.4 Å². The van der Waals surface area contributed by atoms with Crippen molar-refractivity contribution in [2.45, 2.75) is 44.7 Å². The van der Waals surface area contributed by atoms with Gasteiger partial charge in [-0.2, -0.15) is 0 Å². The molecule has 1 fully saturated rings. The number of anilines is 1. The quantitative estimate of drug-likeness (QED) is 0.900. The molecule has 5 heteroatoms. The van der Waals surface area contributed by atoms with Crippen LogP contribution in [0.25, 0.3) is 0 Å². The van der Waals surface area contributed by atoms with Gasteiger partial charge >= 0.3 is 0 Å². The van der Waals surface area contributed by atoms with Crippen LogP contribution in [-0.2, 0) is 12.1 Å². The van der Waals surface area contributed by atoms with E-state index in [0.717, 1.165) is 36.2 Å². The second-order valence-corrected chi connectivity index (χ2v) is 7.73. The molecule has 2 aromatic rings. The lowest BCUT2D eigenvalue weighted by Crippen LogP contribution is -2.36. The Morgan fingerprint density at radius 1 is 1.29 bits per heavy atom. The van der Waals surface area contributed by atoms with Crippen LogP contribution in [0.15, 0.2) is 30.6 Å². The van der Waals surface area contributed by atoms with E-state index < -0.39 is 0 Å². The molecule has 1 N–H and O–H groups in total. The van der Waals surface area contributed by atoms with Crippen molar-refractivity contribution in [3.63, 3.8) is 0 Å². The molecule has 0 saturated carbocycles. The Bertz CT molecular complexity index is 753. The van der Waals surface area contributed by atoms with Gasteiger partial charge in [0.25, 0.3) is 0 Å². The number of benzene rings is 1. The van der Waals surface area contributed by atoms with Crippen molar-refractivity contribution in [1.29, 1.82) is 0 Å². The second-order valence-electron chi connectivity index (χ2n) is 7.29. The lowest BCUT2D eigenvalue weighted by atomic mass is 9.94. The third kappa shape index (κ3) is 2.68. The summed E-state index contributed by atoms with van der Waals surface area (Å²) in [4.78, 5) is 11.8. The van der Waals surface area contributed by atoms with Crippen LogP contribution in [0.5, 0.6) is 0 Å². The summed E-state index contributed by atoms with van der Waals surface area (Å²) >= 11 is 6.22. The van der Waals surface area contributed by atoms with Gasteiger partial charge in [-0.25, -0.2) is 4.98 Å². The van der Waals surface area contributed by atoms with Gasteiger partial charge in [0.05, 0.1) is 17.4 Å². The highest BCUT2D eigenvalue weighted by molar-refractivity contribution is 6.30. The maximum atomic E-state index is 6.22. The van der Waals surface area contributed by atoms with E-state index in [0.29, 0.717) is 5.92 Å². The normalized spacial score (nSPS) is 22.5. The maximum Gasteiger partial charge on any atom is 0.148 e. The predicted octanol–water partition coefficient (Wildman–Crippen LogP) is 3.85. The Labute approximate surface area is 148 Å². The first-order chi connectivity index (χ1) is 11.6. The summed E-state index contributed by atoms with van der Waals surface area (Å²) < 4.78 is 0. The van der Waals surface area contributed by atoms with Crippen LogP contribution in [0, 0.1) is 0 Å². The van der Waals surface area contributed by atoms with E-state index in [1.54, 1.807) is 0 Å². The first kappa shape index (κ1) is 15.9. The van der Waals surface area contributed by atoms with Crippen molar-refractivity contribution in [3.8, 4) is 0 Å². The van der Waals surface area contributed by atoms with E-state index >= 15 is 0 Å². The lowest BCUT2D eigenvalue weighted by molar-refractivity contribution is 0.451. The molecular weight excluding hydrogens is 320 g/mol. The highest BCUT2D eigenvalue weighted by Gasteiger charge is 2.38. The minimum Gasteiger partial charge on any atom is -0.342 e. The molecule has 0 amide bonds. The van der Waals surface area contributed by atoms with Crippen LogP contribution >= 0.6 is 11.6 Å². The van der Waals surface area contributed by atoms with Crippen molar-refractivity contribution in [2.75, 3.05) is 18.0 Å². The molecule has 1 aromatic carbocycles. The van der Waals surface area contributed by atoms with Gasteiger partial charge in [-0.15, -0.1) is 0 Å². The molecule has 2 aliphatic rings. The highest BCUT2D eigenvalue weighted by Crippen LogP contribution is 2.42. The molecule has 0 spiro atoms. The standard InChI is InChI=1S/C19H23ClN4/c1-19(2)16-8-15(20)6-5-14(16)12-24(19)18-11-22-10-17(23-18)13-4-3-7-21-9-13/h5-6,8,10-11,13,21H,3-4,7,9,12H2,1-2H3. The van der Waals surface area contributed by atoms with Crippen LogP contribution in [-0.4, -0.2) is 23.1 Å². The monoisotopic (exact) mass is 342 g/mol. The summed E-state index contributed by atoms with van der Waals surface area (Å²) in [5.74, 6) is 1.42. The third-order valence-corrected chi connectivity index (χ3v) is 5.60. The van der Waals surface area contributed by atoms with E-state index in [4.69, 9.17) is 16.6 Å². The molecule has 3 heterocycles. The summed E-state index contributed by atoms with van der Waals surface area (Å²) in [6.07, 6.45) is 6.20. The fourth-order valence-electron chi connectivity index (χ4n) is 3.94. The molecule has 0 radical (unpaired) electrons.